The quantitative estimate of drug-likeness (QED) is 0.774. The molecule has 0 unspecified atom stereocenters. The van der Waals surface area contributed by atoms with Crippen molar-refractivity contribution in [2.75, 3.05) is 10.6 Å². The number of aromatic nitrogens is 3. The average Bonchev–Trinajstić information content (AvgIpc) is 2.86. The van der Waals surface area contributed by atoms with E-state index in [9.17, 15) is 9.59 Å². The minimum atomic E-state index is -0.371. The summed E-state index contributed by atoms with van der Waals surface area (Å²) in [6, 6.07) is 5.19. The van der Waals surface area contributed by atoms with Crippen LogP contribution in [0.3, 0.4) is 0 Å². The van der Waals surface area contributed by atoms with Gasteiger partial charge in [0.05, 0.1) is 0 Å². The molecule has 2 rings (SSSR count). The van der Waals surface area contributed by atoms with Gasteiger partial charge in [0.2, 0.25) is 11.7 Å². The Labute approximate surface area is 109 Å². The van der Waals surface area contributed by atoms with Gasteiger partial charge < -0.3 is 10.6 Å². The number of aryl methyl sites for hydroxylation is 1. The van der Waals surface area contributed by atoms with Crippen LogP contribution in [0, 0.1) is 6.92 Å². The van der Waals surface area contributed by atoms with Crippen molar-refractivity contribution in [3.63, 3.8) is 0 Å². The summed E-state index contributed by atoms with van der Waals surface area (Å²) >= 11 is 0. The van der Waals surface area contributed by atoms with E-state index in [1.807, 2.05) is 6.92 Å². The Morgan fingerprint density at radius 3 is 2.63 bits per heavy atom. The van der Waals surface area contributed by atoms with Crippen molar-refractivity contribution in [3.05, 3.63) is 35.9 Å². The van der Waals surface area contributed by atoms with Crippen molar-refractivity contribution in [3.8, 4) is 0 Å². The van der Waals surface area contributed by atoms with Crippen LogP contribution in [-0.2, 0) is 4.79 Å². The second kappa shape index (κ2) is 5.30. The van der Waals surface area contributed by atoms with Gasteiger partial charge >= 0.3 is 0 Å². The zero-order chi connectivity index (χ0) is 13.8. The van der Waals surface area contributed by atoms with Crippen LogP contribution in [0.1, 0.15) is 23.1 Å². The highest BCUT2D eigenvalue weighted by Gasteiger charge is 2.09. The van der Waals surface area contributed by atoms with Gasteiger partial charge in [-0.3, -0.25) is 14.7 Å². The van der Waals surface area contributed by atoms with Crippen LogP contribution in [0.15, 0.2) is 24.5 Å². The van der Waals surface area contributed by atoms with Gasteiger partial charge in [-0.15, -0.1) is 0 Å². The smallest absolute Gasteiger partial charge is 0.292 e. The molecule has 0 atom stereocenters. The van der Waals surface area contributed by atoms with Gasteiger partial charge in [0, 0.05) is 18.3 Å². The fourth-order valence-corrected chi connectivity index (χ4v) is 1.58. The third-order valence-corrected chi connectivity index (χ3v) is 2.43. The highest BCUT2D eigenvalue weighted by Crippen LogP contribution is 2.19. The number of amides is 2. The lowest BCUT2D eigenvalue weighted by Crippen LogP contribution is -2.14. The summed E-state index contributed by atoms with van der Waals surface area (Å²) in [7, 11) is 0. The average molecular weight is 259 g/mol. The molecule has 1 heterocycles. The number of anilines is 2. The Hall–Kier alpha value is -2.70. The highest BCUT2D eigenvalue weighted by atomic mass is 16.2. The topological polar surface area (TPSA) is 99.8 Å². The normalized spacial score (nSPS) is 10.0. The molecule has 0 aliphatic carbocycles. The third kappa shape index (κ3) is 3.15. The fourth-order valence-electron chi connectivity index (χ4n) is 1.58. The van der Waals surface area contributed by atoms with E-state index in [4.69, 9.17) is 0 Å². The van der Waals surface area contributed by atoms with Gasteiger partial charge in [-0.25, -0.2) is 4.98 Å². The van der Waals surface area contributed by atoms with Crippen molar-refractivity contribution in [2.24, 2.45) is 0 Å². The summed E-state index contributed by atoms with van der Waals surface area (Å²) in [5.41, 5.74) is 2.18. The van der Waals surface area contributed by atoms with Gasteiger partial charge in [-0.05, 0) is 30.7 Å². The number of carbonyl (C=O) groups is 2. The van der Waals surface area contributed by atoms with Gasteiger partial charge in [0.15, 0.2) is 0 Å². The number of rotatable bonds is 3. The van der Waals surface area contributed by atoms with Crippen molar-refractivity contribution >= 4 is 23.2 Å². The molecule has 0 saturated heterocycles. The molecule has 0 aliphatic heterocycles. The molecular formula is C12H13N5O2. The summed E-state index contributed by atoms with van der Waals surface area (Å²) in [5.74, 6) is -0.366. The lowest BCUT2D eigenvalue weighted by molar-refractivity contribution is -0.114. The Bertz CT molecular complexity index is 607. The number of H-pyrrole nitrogens is 1. The first-order valence-corrected chi connectivity index (χ1v) is 5.61. The van der Waals surface area contributed by atoms with Crippen LogP contribution in [0.4, 0.5) is 11.4 Å². The van der Waals surface area contributed by atoms with E-state index < -0.39 is 0 Å². The van der Waals surface area contributed by atoms with E-state index in [2.05, 4.69) is 25.8 Å². The predicted molar refractivity (Wildman–Crippen MR) is 69.8 cm³/mol. The van der Waals surface area contributed by atoms with Crippen molar-refractivity contribution in [1.29, 1.82) is 0 Å². The summed E-state index contributed by atoms with van der Waals surface area (Å²) in [6.07, 6.45) is 1.26. The zero-order valence-electron chi connectivity index (χ0n) is 10.5. The molecule has 98 valence electrons. The Morgan fingerprint density at radius 2 is 2.05 bits per heavy atom. The maximum atomic E-state index is 11.7. The molecule has 3 N–H and O–H groups in total. The third-order valence-electron chi connectivity index (χ3n) is 2.43. The fraction of sp³-hybridized carbons (Fsp3) is 0.167. The zero-order valence-corrected chi connectivity index (χ0v) is 10.5. The lowest BCUT2D eigenvalue weighted by atomic mass is 10.1. The molecule has 1 aromatic heterocycles. The molecule has 0 spiro atoms. The molecule has 1 aromatic carbocycles. The molecule has 7 nitrogen and oxygen atoms in total. The Kier molecular flexibility index (Phi) is 3.56. The van der Waals surface area contributed by atoms with Gasteiger partial charge in [0.25, 0.3) is 5.91 Å². The number of nitrogens with zero attached hydrogens (tertiary/aromatic N) is 2. The van der Waals surface area contributed by atoms with Gasteiger partial charge in [-0.2, -0.15) is 5.10 Å². The molecule has 19 heavy (non-hydrogen) atoms. The number of nitrogens with one attached hydrogen (secondary N) is 3. The second-order valence-electron chi connectivity index (χ2n) is 4.00. The van der Waals surface area contributed by atoms with Crippen LogP contribution in [0.5, 0.6) is 0 Å². The summed E-state index contributed by atoms with van der Waals surface area (Å²) in [4.78, 5) is 26.5. The largest absolute Gasteiger partial charge is 0.326 e. The molecule has 0 bridgehead atoms. The van der Waals surface area contributed by atoms with Crippen LogP contribution in [-0.4, -0.2) is 27.0 Å². The summed E-state index contributed by atoms with van der Waals surface area (Å²) in [5, 5.41) is 11.5. The van der Waals surface area contributed by atoms with Gasteiger partial charge in [-0.1, -0.05) is 0 Å². The summed E-state index contributed by atoms with van der Waals surface area (Å²) < 4.78 is 0. The molecule has 0 aliphatic rings. The Morgan fingerprint density at radius 1 is 1.26 bits per heavy atom. The first-order valence-electron chi connectivity index (χ1n) is 5.61. The van der Waals surface area contributed by atoms with Crippen LogP contribution in [0.2, 0.25) is 0 Å². The van der Waals surface area contributed by atoms with E-state index in [0.717, 1.165) is 5.56 Å². The van der Waals surface area contributed by atoms with E-state index in [-0.39, 0.29) is 17.6 Å². The van der Waals surface area contributed by atoms with Crippen molar-refractivity contribution in [2.45, 2.75) is 13.8 Å². The maximum Gasteiger partial charge on any atom is 0.292 e. The monoisotopic (exact) mass is 259 g/mol. The number of carbonyl (C=O) groups excluding carboxylic acids is 2. The molecular weight excluding hydrogens is 246 g/mol. The first kappa shape index (κ1) is 12.7. The number of aromatic amines is 1. The van der Waals surface area contributed by atoms with Crippen LogP contribution >= 0.6 is 0 Å². The second-order valence-corrected chi connectivity index (χ2v) is 4.00. The van der Waals surface area contributed by atoms with E-state index >= 15 is 0 Å². The number of hydrogen-bond acceptors (Lipinski definition) is 4. The molecule has 7 heteroatoms. The van der Waals surface area contributed by atoms with Gasteiger partial charge in [0.1, 0.15) is 6.33 Å². The standard InChI is InChI=1S/C12H13N5O2/c1-7-5-9(3-4-10(7)15-8(2)18)16-12(19)11-13-6-14-17-11/h3-6H,1-2H3,(H,15,18)(H,16,19)(H,13,14,17). The van der Waals surface area contributed by atoms with Crippen LogP contribution < -0.4 is 10.6 Å². The highest BCUT2D eigenvalue weighted by molar-refractivity contribution is 6.01. The number of benzene rings is 1. The lowest BCUT2D eigenvalue weighted by Gasteiger charge is -2.09. The van der Waals surface area contributed by atoms with E-state index in [1.54, 1.807) is 18.2 Å². The molecule has 0 radical (unpaired) electrons. The predicted octanol–water partition coefficient (Wildman–Crippen LogP) is 1.32. The molecule has 2 amide bonds. The first-order chi connectivity index (χ1) is 9.06. The molecule has 0 saturated carbocycles. The summed E-state index contributed by atoms with van der Waals surface area (Å²) in [6.45, 7) is 3.29. The maximum absolute atomic E-state index is 11.7. The number of hydrogen-bond donors (Lipinski definition) is 3. The van der Waals surface area contributed by atoms with E-state index in [1.165, 1.54) is 13.3 Å². The van der Waals surface area contributed by atoms with E-state index in [0.29, 0.717) is 11.4 Å². The minimum absolute atomic E-state index is 0.137. The molecule has 2 aromatic rings. The van der Waals surface area contributed by atoms with Crippen molar-refractivity contribution < 1.29 is 9.59 Å². The molecule has 0 fully saturated rings. The minimum Gasteiger partial charge on any atom is -0.326 e. The Balaban J connectivity index is 2.12. The van der Waals surface area contributed by atoms with Crippen molar-refractivity contribution in [1.82, 2.24) is 15.2 Å². The SMILES string of the molecule is CC(=O)Nc1ccc(NC(=O)c2ncn[nH]2)cc1C. The van der Waals surface area contributed by atoms with Crippen LogP contribution in [0.25, 0.3) is 0 Å².